The minimum absolute atomic E-state index is 0.101. The van der Waals surface area contributed by atoms with E-state index in [1.165, 1.54) is 6.33 Å². The van der Waals surface area contributed by atoms with Gasteiger partial charge in [-0.05, 0) is 34.1 Å². The van der Waals surface area contributed by atoms with E-state index in [1.807, 2.05) is 0 Å². The maximum atomic E-state index is 5.76. The molecule has 0 saturated heterocycles. The number of halogens is 1. The largest absolute Gasteiger partial charge is 0.497 e. The van der Waals surface area contributed by atoms with E-state index in [4.69, 9.17) is 15.2 Å². The molecule has 0 aliphatic carbocycles. The Bertz CT molecular complexity index is 774. The van der Waals surface area contributed by atoms with E-state index in [-0.39, 0.29) is 5.95 Å². The highest BCUT2D eigenvalue weighted by Gasteiger charge is 2.12. The van der Waals surface area contributed by atoms with Gasteiger partial charge in [0, 0.05) is 0 Å². The molecular weight excluding hydrogens is 326 g/mol. The summed E-state index contributed by atoms with van der Waals surface area (Å²) in [6, 6.07) is 5.35. The average Bonchev–Trinajstić information content (AvgIpc) is 2.89. The zero-order valence-electron chi connectivity index (χ0n) is 10.4. The number of nitrogens with two attached hydrogens (primary N) is 1. The quantitative estimate of drug-likeness (QED) is 0.762. The van der Waals surface area contributed by atoms with Gasteiger partial charge < -0.3 is 20.2 Å². The summed E-state index contributed by atoms with van der Waals surface area (Å²) in [5.74, 6) is 1.72. The number of benzene rings is 1. The Morgan fingerprint density at radius 1 is 1.30 bits per heavy atom. The highest BCUT2D eigenvalue weighted by atomic mass is 79.9. The molecule has 0 aliphatic heterocycles. The molecule has 0 fully saturated rings. The summed E-state index contributed by atoms with van der Waals surface area (Å²) in [7, 11) is 1.60. The molecule has 7 nitrogen and oxygen atoms in total. The Hall–Kier alpha value is -2.35. The topological polar surface area (TPSA) is 98.9 Å². The molecule has 8 heteroatoms. The maximum Gasteiger partial charge on any atom is 0.250 e. The van der Waals surface area contributed by atoms with E-state index in [0.717, 1.165) is 10.2 Å². The molecule has 0 unspecified atom stereocenters. The van der Waals surface area contributed by atoms with Gasteiger partial charge >= 0.3 is 0 Å². The van der Waals surface area contributed by atoms with Crippen molar-refractivity contribution in [3.05, 3.63) is 29.0 Å². The molecule has 0 aliphatic rings. The molecule has 2 aromatic heterocycles. The Kier molecular flexibility index (Phi) is 3.15. The number of hydrogen-bond donors (Lipinski definition) is 2. The molecule has 3 aromatic rings. The number of imidazole rings is 1. The second kappa shape index (κ2) is 4.97. The smallest absolute Gasteiger partial charge is 0.250 e. The highest BCUT2D eigenvalue weighted by Crippen LogP contribution is 2.33. The lowest BCUT2D eigenvalue weighted by atomic mass is 10.3. The van der Waals surface area contributed by atoms with Crippen molar-refractivity contribution in [3.63, 3.8) is 0 Å². The molecule has 0 bridgehead atoms. The number of nitrogens with one attached hydrogen (secondary N) is 1. The fourth-order valence-corrected chi connectivity index (χ4v) is 2.13. The first-order chi connectivity index (χ1) is 9.67. The van der Waals surface area contributed by atoms with E-state index in [2.05, 4.69) is 35.9 Å². The van der Waals surface area contributed by atoms with Crippen LogP contribution in [-0.2, 0) is 0 Å². The summed E-state index contributed by atoms with van der Waals surface area (Å²) in [4.78, 5) is 15.0. The van der Waals surface area contributed by atoms with Crippen molar-refractivity contribution in [1.82, 2.24) is 19.9 Å². The molecule has 0 spiro atoms. The van der Waals surface area contributed by atoms with Crippen LogP contribution in [0.5, 0.6) is 17.4 Å². The molecule has 3 rings (SSSR count). The van der Waals surface area contributed by atoms with Crippen LogP contribution in [0.1, 0.15) is 0 Å². The zero-order valence-corrected chi connectivity index (χ0v) is 12.0. The molecule has 3 N–H and O–H groups in total. The SMILES string of the molecule is COc1ccc(Oc2nc(N)nc3nc[nH]c23)c(Br)c1. The van der Waals surface area contributed by atoms with Crippen molar-refractivity contribution in [2.45, 2.75) is 0 Å². The first kappa shape index (κ1) is 12.7. The van der Waals surface area contributed by atoms with E-state index >= 15 is 0 Å². The van der Waals surface area contributed by atoms with E-state index in [0.29, 0.717) is 22.8 Å². The van der Waals surface area contributed by atoms with Crippen LogP contribution in [0.3, 0.4) is 0 Å². The van der Waals surface area contributed by atoms with Gasteiger partial charge in [-0.15, -0.1) is 0 Å². The van der Waals surface area contributed by atoms with Gasteiger partial charge in [0.1, 0.15) is 17.0 Å². The van der Waals surface area contributed by atoms with Crippen LogP contribution in [0.2, 0.25) is 0 Å². The lowest BCUT2D eigenvalue weighted by molar-refractivity contribution is 0.411. The molecule has 20 heavy (non-hydrogen) atoms. The van der Waals surface area contributed by atoms with Gasteiger partial charge in [0.25, 0.3) is 5.88 Å². The fourth-order valence-electron chi connectivity index (χ4n) is 1.69. The number of hydrogen-bond acceptors (Lipinski definition) is 6. The molecule has 0 atom stereocenters. The van der Waals surface area contributed by atoms with Crippen LogP contribution in [-0.4, -0.2) is 27.0 Å². The summed E-state index contributed by atoms with van der Waals surface area (Å²) < 4.78 is 11.6. The number of aromatic nitrogens is 4. The minimum Gasteiger partial charge on any atom is -0.497 e. The fraction of sp³-hybridized carbons (Fsp3) is 0.0833. The normalized spacial score (nSPS) is 10.7. The first-order valence-electron chi connectivity index (χ1n) is 5.65. The van der Waals surface area contributed by atoms with E-state index < -0.39 is 0 Å². The summed E-state index contributed by atoms with van der Waals surface area (Å²) in [5.41, 5.74) is 6.67. The summed E-state index contributed by atoms with van der Waals surface area (Å²) >= 11 is 3.41. The Balaban J connectivity index is 2.03. The van der Waals surface area contributed by atoms with Crippen molar-refractivity contribution in [3.8, 4) is 17.4 Å². The summed E-state index contributed by atoms with van der Waals surface area (Å²) in [6.45, 7) is 0. The van der Waals surface area contributed by atoms with Gasteiger partial charge in [0.2, 0.25) is 5.95 Å². The monoisotopic (exact) mass is 335 g/mol. The van der Waals surface area contributed by atoms with Crippen LogP contribution in [0.25, 0.3) is 11.2 Å². The average molecular weight is 336 g/mol. The van der Waals surface area contributed by atoms with E-state index in [1.54, 1.807) is 25.3 Å². The number of H-pyrrole nitrogens is 1. The third-order valence-corrected chi connectivity index (χ3v) is 3.24. The molecule has 1 aromatic carbocycles. The van der Waals surface area contributed by atoms with Crippen LogP contribution >= 0.6 is 15.9 Å². The molecule has 2 heterocycles. The minimum atomic E-state index is 0.101. The molecule has 102 valence electrons. The third kappa shape index (κ3) is 2.25. The first-order valence-corrected chi connectivity index (χ1v) is 6.44. The second-order valence-electron chi connectivity index (χ2n) is 3.89. The van der Waals surface area contributed by atoms with Gasteiger partial charge in [0.05, 0.1) is 17.9 Å². The van der Waals surface area contributed by atoms with Gasteiger partial charge in [-0.1, -0.05) is 0 Å². The number of rotatable bonds is 3. The van der Waals surface area contributed by atoms with Crippen molar-refractivity contribution in [2.24, 2.45) is 0 Å². The van der Waals surface area contributed by atoms with Gasteiger partial charge in [-0.3, -0.25) is 0 Å². The van der Waals surface area contributed by atoms with Crippen molar-refractivity contribution < 1.29 is 9.47 Å². The van der Waals surface area contributed by atoms with Crippen LogP contribution < -0.4 is 15.2 Å². The molecule has 0 saturated carbocycles. The van der Waals surface area contributed by atoms with Crippen LogP contribution in [0, 0.1) is 0 Å². The van der Waals surface area contributed by atoms with E-state index in [9.17, 15) is 0 Å². The van der Waals surface area contributed by atoms with Gasteiger partial charge in [-0.2, -0.15) is 9.97 Å². The van der Waals surface area contributed by atoms with Gasteiger partial charge in [0.15, 0.2) is 5.65 Å². The number of ether oxygens (including phenoxy) is 2. The predicted octanol–water partition coefficient (Wildman–Crippen LogP) is 2.50. The number of anilines is 1. The standard InChI is InChI=1S/C12H10BrN5O2/c1-19-6-2-3-8(7(13)4-6)20-11-9-10(16-5-15-9)17-12(14)18-11/h2-5H,1H3,(H3,14,15,16,17,18). The maximum absolute atomic E-state index is 5.76. The Morgan fingerprint density at radius 2 is 2.15 bits per heavy atom. The number of nitrogen functional groups attached to an aromatic ring is 1. The Morgan fingerprint density at radius 3 is 2.90 bits per heavy atom. The number of fused-ring (bicyclic) bond motifs is 1. The van der Waals surface area contributed by atoms with Gasteiger partial charge in [-0.25, -0.2) is 4.98 Å². The highest BCUT2D eigenvalue weighted by molar-refractivity contribution is 9.10. The van der Waals surface area contributed by atoms with Crippen molar-refractivity contribution >= 4 is 33.0 Å². The predicted molar refractivity (Wildman–Crippen MR) is 76.9 cm³/mol. The number of aromatic amines is 1. The second-order valence-corrected chi connectivity index (χ2v) is 4.74. The summed E-state index contributed by atoms with van der Waals surface area (Å²) in [5, 5.41) is 0. The Labute approximate surface area is 122 Å². The molecular formula is C12H10BrN5O2. The number of methoxy groups -OCH3 is 1. The lowest BCUT2D eigenvalue weighted by Gasteiger charge is -2.09. The molecule has 0 amide bonds. The lowest BCUT2D eigenvalue weighted by Crippen LogP contribution is -1.98. The zero-order chi connectivity index (χ0) is 14.1. The molecule has 0 radical (unpaired) electrons. The van der Waals surface area contributed by atoms with Crippen LogP contribution in [0.15, 0.2) is 29.0 Å². The van der Waals surface area contributed by atoms with Crippen molar-refractivity contribution in [1.29, 1.82) is 0 Å². The third-order valence-electron chi connectivity index (χ3n) is 2.62. The number of nitrogens with zero attached hydrogens (tertiary/aromatic N) is 3. The van der Waals surface area contributed by atoms with Crippen molar-refractivity contribution in [2.75, 3.05) is 12.8 Å². The van der Waals surface area contributed by atoms with Crippen LogP contribution in [0.4, 0.5) is 5.95 Å². The summed E-state index contributed by atoms with van der Waals surface area (Å²) in [6.07, 6.45) is 1.51.